The summed E-state index contributed by atoms with van der Waals surface area (Å²) in [5.41, 5.74) is 3.92. The van der Waals surface area contributed by atoms with Crippen LogP contribution in [0.3, 0.4) is 0 Å². The fourth-order valence-corrected chi connectivity index (χ4v) is 2.82. The van der Waals surface area contributed by atoms with Crippen LogP contribution in [0.15, 0.2) is 57.2 Å². The maximum Gasteiger partial charge on any atom is 0.288 e. The summed E-state index contributed by atoms with van der Waals surface area (Å²) in [5, 5.41) is 15.0. The Bertz CT molecular complexity index is 972. The van der Waals surface area contributed by atoms with Crippen molar-refractivity contribution in [1.82, 2.24) is 10.4 Å². The molecule has 3 rings (SSSR count). The predicted octanol–water partition coefficient (Wildman–Crippen LogP) is 3.63. The van der Waals surface area contributed by atoms with E-state index in [9.17, 15) is 14.9 Å². The van der Waals surface area contributed by atoms with E-state index in [1.807, 2.05) is 18.2 Å². The molecule has 132 valence electrons. The Labute approximate surface area is 156 Å². The van der Waals surface area contributed by atoms with Gasteiger partial charge in [-0.05, 0) is 18.2 Å². The number of para-hydroxylation sites is 2. The van der Waals surface area contributed by atoms with Crippen molar-refractivity contribution < 1.29 is 14.1 Å². The highest BCUT2D eigenvalue weighted by Crippen LogP contribution is 2.24. The topological polar surface area (TPSA) is 111 Å². The van der Waals surface area contributed by atoms with Crippen LogP contribution in [0.5, 0.6) is 0 Å². The summed E-state index contributed by atoms with van der Waals surface area (Å²) < 4.78 is 5.50. The van der Waals surface area contributed by atoms with Crippen molar-refractivity contribution in [3.8, 4) is 0 Å². The Morgan fingerprint density at radius 1 is 1.38 bits per heavy atom. The highest BCUT2D eigenvalue weighted by molar-refractivity contribution is 7.99. The number of nitro groups is 1. The van der Waals surface area contributed by atoms with E-state index < -0.39 is 4.92 Å². The lowest BCUT2D eigenvalue weighted by atomic mass is 10.2. The molecule has 10 heteroatoms. The van der Waals surface area contributed by atoms with Crippen molar-refractivity contribution >= 4 is 52.3 Å². The lowest BCUT2D eigenvalue weighted by molar-refractivity contribution is -0.384. The van der Waals surface area contributed by atoms with Crippen molar-refractivity contribution in [1.29, 1.82) is 0 Å². The summed E-state index contributed by atoms with van der Waals surface area (Å²) in [6, 6.07) is 11.5. The van der Waals surface area contributed by atoms with Gasteiger partial charge in [-0.3, -0.25) is 14.9 Å². The van der Waals surface area contributed by atoms with Crippen molar-refractivity contribution in [2.45, 2.75) is 5.22 Å². The number of carbonyl (C=O) groups is 1. The van der Waals surface area contributed by atoms with Gasteiger partial charge in [0.15, 0.2) is 5.58 Å². The number of nitrogens with one attached hydrogen (secondary N) is 1. The molecule has 0 saturated carbocycles. The maximum absolute atomic E-state index is 11.8. The van der Waals surface area contributed by atoms with E-state index >= 15 is 0 Å². The lowest BCUT2D eigenvalue weighted by Gasteiger charge is -1.98. The van der Waals surface area contributed by atoms with Gasteiger partial charge < -0.3 is 4.42 Å². The van der Waals surface area contributed by atoms with Gasteiger partial charge in [-0.15, -0.1) is 0 Å². The number of halogens is 1. The number of oxazole rings is 1. The van der Waals surface area contributed by atoms with Crippen molar-refractivity contribution in [3.05, 3.63) is 63.2 Å². The number of nitro benzene ring substituents is 1. The molecular weight excluding hydrogens is 380 g/mol. The minimum atomic E-state index is -0.588. The smallest absolute Gasteiger partial charge is 0.288 e. The van der Waals surface area contributed by atoms with Gasteiger partial charge in [-0.25, -0.2) is 10.4 Å². The third-order valence-electron chi connectivity index (χ3n) is 3.17. The number of benzene rings is 2. The highest BCUT2D eigenvalue weighted by atomic mass is 35.5. The van der Waals surface area contributed by atoms with E-state index in [0.717, 1.165) is 17.3 Å². The molecule has 0 fully saturated rings. The molecule has 0 aliphatic rings. The third kappa shape index (κ3) is 4.38. The van der Waals surface area contributed by atoms with Crippen LogP contribution in [-0.2, 0) is 4.79 Å². The SMILES string of the molecule is O=C(CSc1nc2ccccc2o1)N/N=C\c1ccc(Cl)c([N+](=O)[O-])c1. The minimum absolute atomic E-state index is 0.0333. The second-order valence-electron chi connectivity index (χ2n) is 5.00. The van der Waals surface area contributed by atoms with Gasteiger partial charge in [0, 0.05) is 11.6 Å². The molecule has 1 N–H and O–H groups in total. The zero-order chi connectivity index (χ0) is 18.5. The second-order valence-corrected chi connectivity index (χ2v) is 6.33. The van der Waals surface area contributed by atoms with Crippen LogP contribution in [-0.4, -0.2) is 27.8 Å². The fraction of sp³-hybridized carbons (Fsp3) is 0.0625. The number of aromatic nitrogens is 1. The zero-order valence-electron chi connectivity index (χ0n) is 13.1. The second kappa shape index (κ2) is 7.98. The molecule has 1 heterocycles. The molecule has 0 unspecified atom stereocenters. The average Bonchev–Trinajstić information content (AvgIpc) is 3.04. The summed E-state index contributed by atoms with van der Waals surface area (Å²) in [7, 11) is 0. The number of nitrogens with zero attached hydrogens (tertiary/aromatic N) is 3. The molecule has 0 radical (unpaired) electrons. The number of amides is 1. The number of hydrogen-bond donors (Lipinski definition) is 1. The maximum atomic E-state index is 11.8. The molecule has 2 aromatic carbocycles. The third-order valence-corrected chi connectivity index (χ3v) is 4.32. The average molecular weight is 391 g/mol. The van der Waals surface area contributed by atoms with Crippen LogP contribution in [0.4, 0.5) is 5.69 Å². The van der Waals surface area contributed by atoms with Crippen molar-refractivity contribution in [3.63, 3.8) is 0 Å². The Morgan fingerprint density at radius 2 is 2.19 bits per heavy atom. The predicted molar refractivity (Wildman–Crippen MR) is 98.6 cm³/mol. The van der Waals surface area contributed by atoms with E-state index in [1.165, 1.54) is 18.3 Å². The number of fused-ring (bicyclic) bond motifs is 1. The summed E-state index contributed by atoms with van der Waals surface area (Å²) in [6.45, 7) is 0. The summed E-state index contributed by atoms with van der Waals surface area (Å²) in [4.78, 5) is 26.3. The van der Waals surface area contributed by atoms with Crippen LogP contribution in [0.1, 0.15) is 5.56 Å². The molecule has 0 aliphatic heterocycles. The zero-order valence-corrected chi connectivity index (χ0v) is 14.7. The van der Waals surface area contributed by atoms with E-state index in [1.54, 1.807) is 12.1 Å². The first kappa shape index (κ1) is 17.9. The Morgan fingerprint density at radius 3 is 2.96 bits per heavy atom. The van der Waals surface area contributed by atoms with Gasteiger partial charge in [-0.1, -0.05) is 41.6 Å². The van der Waals surface area contributed by atoms with Crippen molar-refractivity contribution in [2.75, 3.05) is 5.75 Å². The minimum Gasteiger partial charge on any atom is -0.431 e. The Hall–Kier alpha value is -2.91. The molecule has 0 saturated heterocycles. The molecule has 3 aromatic rings. The number of rotatable bonds is 6. The number of thioether (sulfide) groups is 1. The summed E-state index contributed by atoms with van der Waals surface area (Å²) in [6.07, 6.45) is 1.30. The van der Waals surface area contributed by atoms with Gasteiger partial charge in [0.25, 0.3) is 16.8 Å². The van der Waals surface area contributed by atoms with Gasteiger partial charge in [-0.2, -0.15) is 5.10 Å². The van der Waals surface area contributed by atoms with Crippen LogP contribution < -0.4 is 5.43 Å². The van der Waals surface area contributed by atoms with Crippen LogP contribution in [0, 0.1) is 10.1 Å². The Kier molecular flexibility index (Phi) is 5.49. The summed E-state index contributed by atoms with van der Waals surface area (Å²) >= 11 is 6.87. The van der Waals surface area contributed by atoms with Crippen LogP contribution in [0.2, 0.25) is 5.02 Å². The molecule has 1 amide bonds. The normalized spacial score (nSPS) is 11.1. The molecule has 0 spiro atoms. The molecular formula is C16H11ClN4O4S. The monoisotopic (exact) mass is 390 g/mol. The molecule has 0 aliphatic carbocycles. The van der Waals surface area contributed by atoms with Gasteiger partial charge in [0.05, 0.1) is 16.9 Å². The van der Waals surface area contributed by atoms with E-state index in [4.69, 9.17) is 16.0 Å². The largest absolute Gasteiger partial charge is 0.431 e. The molecule has 26 heavy (non-hydrogen) atoms. The summed E-state index contributed by atoms with van der Waals surface area (Å²) in [5.74, 6) is -0.303. The van der Waals surface area contributed by atoms with E-state index in [0.29, 0.717) is 16.4 Å². The molecule has 1 aromatic heterocycles. The van der Waals surface area contributed by atoms with Gasteiger partial charge in [0.1, 0.15) is 10.5 Å². The van der Waals surface area contributed by atoms with E-state index in [2.05, 4.69) is 15.5 Å². The number of carbonyl (C=O) groups excluding carboxylic acids is 1. The highest BCUT2D eigenvalue weighted by Gasteiger charge is 2.12. The number of hydrogen-bond acceptors (Lipinski definition) is 7. The quantitative estimate of drug-likeness (QED) is 0.298. The lowest BCUT2D eigenvalue weighted by Crippen LogP contribution is -2.19. The molecule has 0 bridgehead atoms. The van der Waals surface area contributed by atoms with Gasteiger partial charge >= 0.3 is 0 Å². The molecule has 0 atom stereocenters. The van der Waals surface area contributed by atoms with Crippen LogP contribution >= 0.6 is 23.4 Å². The first-order valence-electron chi connectivity index (χ1n) is 7.27. The van der Waals surface area contributed by atoms with E-state index in [-0.39, 0.29) is 22.4 Å². The first-order valence-corrected chi connectivity index (χ1v) is 8.63. The van der Waals surface area contributed by atoms with Crippen molar-refractivity contribution in [2.24, 2.45) is 5.10 Å². The van der Waals surface area contributed by atoms with Gasteiger partial charge in [0.2, 0.25) is 0 Å². The first-order chi connectivity index (χ1) is 12.5. The Balaban J connectivity index is 1.54. The molecule has 8 nitrogen and oxygen atoms in total. The fourth-order valence-electron chi connectivity index (χ4n) is 2.00. The number of hydrazone groups is 1. The van der Waals surface area contributed by atoms with Crippen LogP contribution in [0.25, 0.3) is 11.1 Å². The standard InChI is InChI=1S/C16H11ClN4O4S/c17-11-6-5-10(7-13(11)21(23)24)8-18-20-15(22)9-26-16-19-12-3-1-2-4-14(12)25-16/h1-8H,9H2,(H,20,22)/b18-8-.